The van der Waals surface area contributed by atoms with Gasteiger partial charge in [-0.15, -0.1) is 11.6 Å². The summed E-state index contributed by atoms with van der Waals surface area (Å²) in [5.41, 5.74) is 1.13. The molecule has 2 aromatic carbocycles. The number of halogens is 4. The van der Waals surface area contributed by atoms with Crippen LogP contribution in [0.1, 0.15) is 22.3 Å². The average molecular weight is 411 g/mol. The molecule has 0 atom stereocenters. The minimum atomic E-state index is -4.48. The van der Waals surface area contributed by atoms with Crippen LogP contribution >= 0.6 is 11.6 Å². The molecule has 1 heterocycles. The van der Waals surface area contributed by atoms with Crippen molar-refractivity contribution in [2.24, 2.45) is 5.16 Å². The Balaban J connectivity index is 1.97. The monoisotopic (exact) mass is 410 g/mol. The minimum Gasteiger partial charge on any atom is -0.316 e. The lowest BCUT2D eigenvalue weighted by Crippen LogP contribution is -2.30. The average Bonchev–Trinajstić information content (AvgIpc) is 2.90. The van der Waals surface area contributed by atoms with Gasteiger partial charge in [0, 0.05) is 5.56 Å². The number of hydrogen-bond donors (Lipinski definition) is 0. The number of alkyl halides is 4. The fourth-order valence-electron chi connectivity index (χ4n) is 2.82. The van der Waals surface area contributed by atoms with Crippen molar-refractivity contribution in [2.45, 2.75) is 19.6 Å². The normalized spacial score (nSPS) is 15.1. The van der Waals surface area contributed by atoms with Gasteiger partial charge in [-0.3, -0.25) is 4.79 Å². The molecule has 0 radical (unpaired) electrons. The first-order valence-electron chi connectivity index (χ1n) is 8.13. The van der Waals surface area contributed by atoms with Crippen molar-refractivity contribution in [2.75, 3.05) is 10.8 Å². The Labute approximate surface area is 163 Å². The molecule has 0 saturated heterocycles. The second kappa shape index (κ2) is 7.63. The van der Waals surface area contributed by atoms with E-state index in [9.17, 15) is 22.8 Å². The van der Waals surface area contributed by atoms with Crippen molar-refractivity contribution in [1.82, 2.24) is 0 Å². The third-order valence-electron chi connectivity index (χ3n) is 4.09. The highest BCUT2D eigenvalue weighted by molar-refractivity contribution is 6.54. The van der Waals surface area contributed by atoms with Crippen LogP contribution in [-0.4, -0.2) is 23.5 Å². The van der Waals surface area contributed by atoms with Gasteiger partial charge in [0.15, 0.2) is 5.71 Å². The quantitative estimate of drug-likeness (QED) is 0.434. The van der Waals surface area contributed by atoms with E-state index < -0.39 is 29.5 Å². The Morgan fingerprint density at radius 3 is 2.64 bits per heavy atom. The smallest absolute Gasteiger partial charge is 0.316 e. The van der Waals surface area contributed by atoms with E-state index in [0.717, 1.165) is 17.7 Å². The molecule has 2 aromatic rings. The van der Waals surface area contributed by atoms with Crippen LogP contribution in [0.25, 0.3) is 0 Å². The molecule has 0 aliphatic carbocycles. The maximum absolute atomic E-state index is 13.0. The van der Waals surface area contributed by atoms with Gasteiger partial charge in [0.25, 0.3) is 5.91 Å². The summed E-state index contributed by atoms with van der Waals surface area (Å²) in [5, 5.41) is 3.62. The van der Waals surface area contributed by atoms with Crippen LogP contribution in [0.15, 0.2) is 47.6 Å². The van der Waals surface area contributed by atoms with E-state index in [0.29, 0.717) is 16.8 Å². The predicted molar refractivity (Wildman–Crippen MR) is 97.2 cm³/mol. The van der Waals surface area contributed by atoms with Gasteiger partial charge in [-0.2, -0.15) is 13.2 Å². The molecule has 146 valence electrons. The predicted octanol–water partition coefficient (Wildman–Crippen LogP) is 4.05. The van der Waals surface area contributed by atoms with E-state index in [4.69, 9.17) is 11.6 Å². The number of benzene rings is 2. The highest BCUT2D eigenvalue weighted by atomic mass is 35.5. The SMILES string of the molecule is Cc1ccc2c(c1)/C(=N/OC(=O)CCl)C(=O)N2Cc1cccc(C(F)(F)F)c1. The number of hydrogen-bond acceptors (Lipinski definition) is 4. The number of amides is 1. The van der Waals surface area contributed by atoms with Crippen LogP contribution < -0.4 is 4.90 Å². The Hall–Kier alpha value is -2.87. The molecule has 3 rings (SSSR count). The summed E-state index contributed by atoms with van der Waals surface area (Å²) >= 11 is 5.36. The molecule has 1 amide bonds. The molecule has 1 aliphatic heterocycles. The van der Waals surface area contributed by atoms with Gasteiger partial charge in [0.2, 0.25) is 0 Å². The molecule has 5 nitrogen and oxygen atoms in total. The largest absolute Gasteiger partial charge is 0.416 e. The lowest BCUT2D eigenvalue weighted by Gasteiger charge is -2.18. The number of fused-ring (bicyclic) bond motifs is 1. The zero-order valence-corrected chi connectivity index (χ0v) is 15.3. The van der Waals surface area contributed by atoms with Crippen molar-refractivity contribution in [3.63, 3.8) is 0 Å². The van der Waals surface area contributed by atoms with Gasteiger partial charge in [-0.05, 0) is 36.8 Å². The number of anilines is 1. The Kier molecular flexibility index (Phi) is 5.42. The van der Waals surface area contributed by atoms with E-state index in [1.165, 1.54) is 17.0 Å². The topological polar surface area (TPSA) is 59.0 Å². The van der Waals surface area contributed by atoms with E-state index in [-0.39, 0.29) is 12.3 Å². The molecular weight excluding hydrogens is 397 g/mol. The first-order valence-corrected chi connectivity index (χ1v) is 8.67. The van der Waals surface area contributed by atoms with Crippen LogP contribution in [0.4, 0.5) is 18.9 Å². The second-order valence-electron chi connectivity index (χ2n) is 6.15. The van der Waals surface area contributed by atoms with Crippen LogP contribution in [0, 0.1) is 6.92 Å². The fraction of sp³-hybridized carbons (Fsp3) is 0.211. The molecule has 9 heteroatoms. The van der Waals surface area contributed by atoms with E-state index in [2.05, 4.69) is 9.99 Å². The van der Waals surface area contributed by atoms with Crippen molar-refractivity contribution >= 4 is 34.9 Å². The maximum Gasteiger partial charge on any atom is 0.416 e. The zero-order valence-electron chi connectivity index (χ0n) is 14.6. The molecule has 0 saturated carbocycles. The Morgan fingerprint density at radius 1 is 1.21 bits per heavy atom. The molecule has 1 aliphatic rings. The van der Waals surface area contributed by atoms with Crippen molar-refractivity contribution in [3.05, 3.63) is 64.7 Å². The van der Waals surface area contributed by atoms with Gasteiger partial charge in [0.05, 0.1) is 17.8 Å². The second-order valence-corrected chi connectivity index (χ2v) is 6.41. The van der Waals surface area contributed by atoms with Gasteiger partial charge in [-0.25, -0.2) is 4.79 Å². The van der Waals surface area contributed by atoms with Crippen molar-refractivity contribution in [3.8, 4) is 0 Å². The van der Waals surface area contributed by atoms with Crippen molar-refractivity contribution < 1.29 is 27.6 Å². The van der Waals surface area contributed by atoms with E-state index >= 15 is 0 Å². The standard InChI is InChI=1S/C19H14ClF3N2O3/c1-11-5-6-15-14(7-11)17(24-28-16(26)9-20)18(27)25(15)10-12-3-2-4-13(8-12)19(21,22)23/h2-8H,9-10H2,1H3/b24-17-. The number of aryl methyl sites for hydroxylation is 1. The first-order chi connectivity index (χ1) is 13.2. The molecule has 28 heavy (non-hydrogen) atoms. The molecular formula is C19H14ClF3N2O3. The van der Waals surface area contributed by atoms with Gasteiger partial charge in [0.1, 0.15) is 5.88 Å². The molecule has 0 fully saturated rings. The molecule has 0 spiro atoms. The number of oxime groups is 1. The van der Waals surface area contributed by atoms with Crippen LogP contribution in [-0.2, 0) is 27.1 Å². The van der Waals surface area contributed by atoms with Crippen LogP contribution in [0.5, 0.6) is 0 Å². The third-order valence-corrected chi connectivity index (χ3v) is 4.31. The summed E-state index contributed by atoms with van der Waals surface area (Å²) in [7, 11) is 0. The lowest BCUT2D eigenvalue weighted by atomic mass is 10.1. The molecule has 0 N–H and O–H groups in total. The summed E-state index contributed by atoms with van der Waals surface area (Å²) in [4.78, 5) is 30.0. The summed E-state index contributed by atoms with van der Waals surface area (Å²) in [6, 6.07) is 9.85. The summed E-state index contributed by atoms with van der Waals surface area (Å²) < 4.78 is 38.9. The third kappa shape index (κ3) is 4.01. The zero-order chi connectivity index (χ0) is 20.5. The van der Waals surface area contributed by atoms with Crippen LogP contribution in [0.2, 0.25) is 0 Å². The van der Waals surface area contributed by atoms with Gasteiger partial charge in [-0.1, -0.05) is 28.9 Å². The highest BCUT2D eigenvalue weighted by Gasteiger charge is 2.36. The molecule has 0 aromatic heterocycles. The van der Waals surface area contributed by atoms with Crippen molar-refractivity contribution in [1.29, 1.82) is 0 Å². The summed E-state index contributed by atoms with van der Waals surface area (Å²) in [6.45, 7) is 1.71. The lowest BCUT2D eigenvalue weighted by molar-refractivity contribution is -0.140. The fourth-order valence-corrected chi connectivity index (χ4v) is 2.87. The number of nitrogens with zero attached hydrogens (tertiary/aromatic N) is 2. The van der Waals surface area contributed by atoms with Crippen LogP contribution in [0.3, 0.4) is 0 Å². The van der Waals surface area contributed by atoms with E-state index in [1.54, 1.807) is 18.2 Å². The molecule has 0 unspecified atom stereocenters. The van der Waals surface area contributed by atoms with Gasteiger partial charge >= 0.3 is 12.1 Å². The van der Waals surface area contributed by atoms with Gasteiger partial charge < -0.3 is 9.74 Å². The molecule has 0 bridgehead atoms. The minimum absolute atomic E-state index is 0.0959. The summed E-state index contributed by atoms with van der Waals surface area (Å²) in [6.07, 6.45) is -4.48. The highest BCUT2D eigenvalue weighted by Crippen LogP contribution is 2.33. The van der Waals surface area contributed by atoms with E-state index in [1.807, 2.05) is 6.92 Å². The first kappa shape index (κ1) is 19.9. The Bertz CT molecular complexity index is 973. The summed E-state index contributed by atoms with van der Waals surface area (Å²) in [5.74, 6) is -1.84. The maximum atomic E-state index is 13.0. The number of rotatable bonds is 4. The number of carbonyl (C=O) groups excluding carboxylic acids is 2. The number of carbonyl (C=O) groups is 2. The Morgan fingerprint density at radius 2 is 1.96 bits per heavy atom.